The zero-order valence-electron chi connectivity index (χ0n) is 20.6. The van der Waals surface area contributed by atoms with E-state index in [9.17, 15) is 9.90 Å². The molecule has 0 fully saturated rings. The van der Waals surface area contributed by atoms with Crippen LogP contribution in [0, 0.1) is 0 Å². The van der Waals surface area contributed by atoms with Crippen molar-refractivity contribution in [1.29, 1.82) is 0 Å². The van der Waals surface area contributed by atoms with Gasteiger partial charge in [0.05, 0.1) is 4.24 Å². The van der Waals surface area contributed by atoms with Gasteiger partial charge in [0, 0.05) is 16.0 Å². The molecule has 4 aromatic rings. The van der Waals surface area contributed by atoms with E-state index in [4.69, 9.17) is 0 Å². The molecule has 0 spiro atoms. The van der Waals surface area contributed by atoms with Crippen LogP contribution in [-0.4, -0.2) is 24.0 Å². The Hall–Kier alpha value is -3.74. The topological polar surface area (TPSA) is 49.7 Å². The second-order valence-corrected chi connectivity index (χ2v) is 11.6. The van der Waals surface area contributed by atoms with Gasteiger partial charge in [-0.2, -0.15) is 0 Å². The predicted octanol–water partition coefficient (Wildman–Crippen LogP) is 5.67. The second-order valence-electron chi connectivity index (χ2n) is 9.20. The maximum Gasteiger partial charge on any atom is 0.356 e. The van der Waals surface area contributed by atoms with Crippen LogP contribution >= 0.6 is 23.5 Å². The van der Waals surface area contributed by atoms with E-state index < -0.39 is 5.97 Å². The second kappa shape index (κ2) is 10.9. The molecule has 0 bridgehead atoms. The zero-order valence-corrected chi connectivity index (χ0v) is 22.2. The van der Waals surface area contributed by atoms with E-state index in [1.54, 1.807) is 29.7 Å². The maximum atomic E-state index is 12.4. The van der Waals surface area contributed by atoms with Crippen LogP contribution in [0.2, 0.25) is 0 Å². The van der Waals surface area contributed by atoms with E-state index >= 15 is 0 Å². The minimum atomic E-state index is -1.01. The van der Waals surface area contributed by atoms with E-state index in [-0.39, 0.29) is 12.4 Å². The molecule has 184 valence electrons. The molecule has 4 aromatic carbocycles. The molecule has 6 heteroatoms. The number of allylic oxidation sites excluding steroid dienone is 1. The van der Waals surface area contributed by atoms with Crippen molar-refractivity contribution in [2.45, 2.75) is 12.8 Å². The number of aryl methyl sites for hydroxylation is 1. The Morgan fingerprint density at radius 1 is 0.763 bits per heavy atom. The number of aliphatic carboxylic acids is 1. The van der Waals surface area contributed by atoms with Gasteiger partial charge in [-0.15, -0.1) is 0 Å². The number of nitrogens with zero attached hydrogens (tertiary/aromatic N) is 1. The van der Waals surface area contributed by atoms with Gasteiger partial charge in [0.2, 0.25) is 6.71 Å². The molecule has 6 rings (SSSR count). The van der Waals surface area contributed by atoms with Crippen LogP contribution in [0.5, 0.6) is 0 Å². The number of carboxylic acids is 1. The Morgan fingerprint density at radius 3 is 2.11 bits per heavy atom. The van der Waals surface area contributed by atoms with Gasteiger partial charge in [-0.05, 0) is 29.5 Å². The molecule has 0 unspecified atom stereocenters. The van der Waals surface area contributed by atoms with Crippen LogP contribution in [0.3, 0.4) is 0 Å². The highest BCUT2D eigenvalue weighted by molar-refractivity contribution is 8.31. The molecular weight excluding hydrogens is 505 g/mol. The van der Waals surface area contributed by atoms with E-state index in [0.717, 1.165) is 28.1 Å². The van der Waals surface area contributed by atoms with Crippen molar-refractivity contribution in [2.24, 2.45) is 4.99 Å². The Kier molecular flexibility index (Phi) is 7.08. The molecule has 1 aliphatic heterocycles. The highest BCUT2D eigenvalue weighted by Crippen LogP contribution is 2.58. The van der Waals surface area contributed by atoms with E-state index in [1.807, 2.05) is 36.4 Å². The van der Waals surface area contributed by atoms with Gasteiger partial charge in [-0.3, -0.25) is 0 Å². The highest BCUT2D eigenvalue weighted by Gasteiger charge is 2.31. The first-order valence-corrected chi connectivity index (χ1v) is 14.2. The average molecular weight is 529 g/mol. The highest BCUT2D eigenvalue weighted by atomic mass is 32.2. The van der Waals surface area contributed by atoms with Crippen molar-refractivity contribution in [2.75, 3.05) is 0 Å². The maximum absolute atomic E-state index is 12.4. The molecule has 0 aromatic heterocycles. The summed E-state index contributed by atoms with van der Waals surface area (Å²) in [5.74, 6) is -1.01. The molecule has 0 atom stereocenters. The summed E-state index contributed by atoms with van der Waals surface area (Å²) in [6.45, 7) is 0.00157. The van der Waals surface area contributed by atoms with Crippen LogP contribution in [-0.2, 0) is 11.2 Å². The number of thioether (sulfide) groups is 2. The number of benzene rings is 4. The summed E-state index contributed by atoms with van der Waals surface area (Å²) in [7, 11) is 0. The summed E-state index contributed by atoms with van der Waals surface area (Å²) in [5.41, 5.74) is 6.97. The van der Waals surface area contributed by atoms with Crippen molar-refractivity contribution in [1.82, 2.24) is 0 Å². The molecule has 2 aliphatic rings. The number of carbonyl (C=O) groups is 1. The molecule has 1 aliphatic carbocycles. The molecule has 0 saturated heterocycles. The fourth-order valence-corrected chi connectivity index (χ4v) is 7.85. The van der Waals surface area contributed by atoms with Crippen molar-refractivity contribution in [3.63, 3.8) is 0 Å². The first-order valence-electron chi connectivity index (χ1n) is 12.6. The molecule has 0 radical (unpaired) electrons. The van der Waals surface area contributed by atoms with Crippen LogP contribution in [0.4, 0.5) is 0 Å². The number of hydrogen-bond acceptors (Lipinski definition) is 4. The third-order valence-electron chi connectivity index (χ3n) is 6.85. The lowest BCUT2D eigenvalue weighted by Crippen LogP contribution is -2.53. The predicted molar refractivity (Wildman–Crippen MR) is 163 cm³/mol. The molecule has 0 amide bonds. The molecule has 3 nitrogen and oxygen atoms in total. The fourth-order valence-electron chi connectivity index (χ4n) is 5.07. The van der Waals surface area contributed by atoms with Gasteiger partial charge < -0.3 is 5.11 Å². The Bertz CT molecular complexity index is 1560. The first kappa shape index (κ1) is 24.6. The average Bonchev–Trinajstić information content (AvgIpc) is 3.40. The first-order chi connectivity index (χ1) is 18.7. The Balaban J connectivity index is 1.38. The lowest BCUT2D eigenvalue weighted by atomic mass is 9.36. The summed E-state index contributed by atoms with van der Waals surface area (Å²) in [4.78, 5) is 19.4. The molecule has 1 N–H and O–H groups in total. The van der Waals surface area contributed by atoms with Gasteiger partial charge in [-0.1, -0.05) is 149 Å². The van der Waals surface area contributed by atoms with E-state index in [0.29, 0.717) is 0 Å². The molecule has 1 heterocycles. The van der Waals surface area contributed by atoms with Gasteiger partial charge in [-0.25, -0.2) is 9.79 Å². The normalized spacial score (nSPS) is 15.8. The minimum Gasteiger partial charge on any atom is -0.476 e. The number of fused-ring (bicyclic) bond motifs is 2. The third-order valence-corrected chi connectivity index (χ3v) is 9.56. The molecule has 0 saturated carbocycles. The number of rotatable bonds is 6. The Morgan fingerprint density at radius 2 is 1.39 bits per heavy atom. The third kappa shape index (κ3) is 4.90. The Labute approximate surface area is 231 Å². The van der Waals surface area contributed by atoms with Gasteiger partial charge in [0.15, 0.2) is 5.70 Å². The van der Waals surface area contributed by atoms with Crippen LogP contribution in [0.15, 0.2) is 129 Å². The van der Waals surface area contributed by atoms with Gasteiger partial charge in [0.25, 0.3) is 0 Å². The number of hydrogen-bond donors (Lipinski definition) is 1. The fraction of sp³-hybridized carbons (Fsp3) is 0.0625. The molecular formula is C32H24BNO2S2. The SMILES string of the molecule is O=C(O)C(N=Cc1ccccc1B(c1ccccc1)c1ccccc1)=C1SC2=C(S1)c1ccccc1CC2. The minimum absolute atomic E-state index is 0.00157. The smallest absolute Gasteiger partial charge is 0.356 e. The summed E-state index contributed by atoms with van der Waals surface area (Å²) >= 11 is 3.10. The van der Waals surface area contributed by atoms with Crippen LogP contribution in [0.25, 0.3) is 4.91 Å². The van der Waals surface area contributed by atoms with Crippen LogP contribution in [0.1, 0.15) is 23.1 Å². The number of aliphatic imine (C=N–C) groups is 1. The summed E-state index contributed by atoms with van der Waals surface area (Å²) < 4.78 is 0.732. The lowest BCUT2D eigenvalue weighted by Gasteiger charge is -2.17. The largest absolute Gasteiger partial charge is 0.476 e. The van der Waals surface area contributed by atoms with E-state index in [2.05, 4.69) is 77.8 Å². The quantitative estimate of drug-likeness (QED) is 0.199. The zero-order chi connectivity index (χ0) is 25.9. The van der Waals surface area contributed by atoms with Gasteiger partial charge >= 0.3 is 5.97 Å². The number of carboxylic acid groups (broad SMARTS) is 1. The van der Waals surface area contributed by atoms with Crippen molar-refractivity contribution < 1.29 is 9.90 Å². The standard InChI is InChI=1S/C32H24BNO2S2/c35-31(36)29(32-37-28-20-19-22-11-7-9-17-26(22)30(28)38-32)34-21-23-12-8-10-18-27(23)33(24-13-3-1-4-14-24)25-15-5-2-6-16-25/h1-18,21H,19-20H2,(H,35,36). The van der Waals surface area contributed by atoms with E-state index in [1.165, 1.54) is 31.9 Å². The summed E-state index contributed by atoms with van der Waals surface area (Å²) in [6, 6.07) is 37.3. The van der Waals surface area contributed by atoms with Crippen molar-refractivity contribution in [3.8, 4) is 0 Å². The monoisotopic (exact) mass is 529 g/mol. The van der Waals surface area contributed by atoms with Crippen molar-refractivity contribution >= 4 is 63.7 Å². The van der Waals surface area contributed by atoms with Crippen LogP contribution < -0.4 is 16.4 Å². The molecule has 38 heavy (non-hydrogen) atoms. The van der Waals surface area contributed by atoms with Crippen molar-refractivity contribution in [3.05, 3.63) is 141 Å². The van der Waals surface area contributed by atoms with Gasteiger partial charge in [0.1, 0.15) is 0 Å². The summed E-state index contributed by atoms with van der Waals surface area (Å²) in [5, 5.41) is 10.2. The lowest BCUT2D eigenvalue weighted by molar-refractivity contribution is -0.132. The summed E-state index contributed by atoms with van der Waals surface area (Å²) in [6.07, 6.45) is 3.63.